The maximum absolute atomic E-state index is 4.54. The minimum Gasteiger partial charge on any atom is -0.355 e. The molecule has 5 nitrogen and oxygen atoms in total. The molecule has 0 spiro atoms. The molecule has 0 amide bonds. The molecule has 2 aromatic rings. The first-order chi connectivity index (χ1) is 9.83. The first-order valence-corrected chi connectivity index (χ1v) is 7.06. The summed E-state index contributed by atoms with van der Waals surface area (Å²) in [6.07, 6.45) is 4.20. The van der Waals surface area contributed by atoms with Gasteiger partial charge in [0.1, 0.15) is 0 Å². The molecule has 0 saturated carbocycles. The van der Waals surface area contributed by atoms with Crippen LogP contribution in [0.3, 0.4) is 0 Å². The normalized spacial score (nSPS) is 14.6. The number of benzene rings is 1. The van der Waals surface area contributed by atoms with Crippen molar-refractivity contribution in [2.75, 3.05) is 23.3 Å². The summed E-state index contributed by atoms with van der Waals surface area (Å²) in [6, 6.07) is 8.31. The Morgan fingerprint density at radius 1 is 1.20 bits per heavy atom. The van der Waals surface area contributed by atoms with Gasteiger partial charge in [0.15, 0.2) is 5.82 Å². The Hall–Kier alpha value is -2.17. The monoisotopic (exact) mass is 269 g/mol. The molecular formula is C15H19N5. The molecule has 0 aliphatic carbocycles. The van der Waals surface area contributed by atoms with Gasteiger partial charge in [-0.15, -0.1) is 5.10 Å². The van der Waals surface area contributed by atoms with E-state index in [0.717, 1.165) is 25.5 Å². The van der Waals surface area contributed by atoms with Gasteiger partial charge < -0.3 is 10.2 Å². The molecule has 1 aromatic heterocycles. The van der Waals surface area contributed by atoms with Crippen molar-refractivity contribution >= 4 is 11.8 Å². The van der Waals surface area contributed by atoms with E-state index in [9.17, 15) is 0 Å². The molecule has 1 fully saturated rings. The van der Waals surface area contributed by atoms with E-state index in [-0.39, 0.29) is 0 Å². The molecule has 3 rings (SSSR count). The lowest BCUT2D eigenvalue weighted by Gasteiger charge is -2.16. The molecule has 2 heterocycles. The predicted molar refractivity (Wildman–Crippen MR) is 79.8 cm³/mol. The molecule has 0 atom stereocenters. The zero-order chi connectivity index (χ0) is 13.8. The second-order valence-corrected chi connectivity index (χ2v) is 5.11. The molecule has 1 aliphatic rings. The highest BCUT2D eigenvalue weighted by Gasteiger charge is 2.14. The molecule has 20 heavy (non-hydrogen) atoms. The summed E-state index contributed by atoms with van der Waals surface area (Å²) in [7, 11) is 0. The zero-order valence-electron chi connectivity index (χ0n) is 11.7. The van der Waals surface area contributed by atoms with Crippen molar-refractivity contribution in [3.63, 3.8) is 0 Å². The van der Waals surface area contributed by atoms with Gasteiger partial charge in [0.2, 0.25) is 5.95 Å². The van der Waals surface area contributed by atoms with Crippen molar-refractivity contribution in [1.82, 2.24) is 15.2 Å². The van der Waals surface area contributed by atoms with E-state index in [1.54, 1.807) is 6.20 Å². The Bertz CT molecular complexity index is 578. The van der Waals surface area contributed by atoms with Crippen molar-refractivity contribution in [2.45, 2.75) is 26.3 Å². The van der Waals surface area contributed by atoms with Gasteiger partial charge in [-0.05, 0) is 30.9 Å². The van der Waals surface area contributed by atoms with Crippen LogP contribution in [0.15, 0.2) is 30.5 Å². The lowest BCUT2D eigenvalue weighted by atomic mass is 10.1. The van der Waals surface area contributed by atoms with E-state index in [0.29, 0.717) is 5.95 Å². The Morgan fingerprint density at radius 3 is 2.80 bits per heavy atom. The third-order valence-electron chi connectivity index (χ3n) is 3.67. The number of nitrogens with one attached hydrogen (secondary N) is 1. The van der Waals surface area contributed by atoms with Crippen LogP contribution in [0.1, 0.15) is 24.0 Å². The van der Waals surface area contributed by atoms with E-state index in [4.69, 9.17) is 0 Å². The van der Waals surface area contributed by atoms with Crippen LogP contribution in [0.5, 0.6) is 0 Å². The van der Waals surface area contributed by atoms with Crippen LogP contribution in [-0.2, 0) is 6.54 Å². The van der Waals surface area contributed by atoms with Crippen molar-refractivity contribution in [3.05, 3.63) is 41.6 Å². The van der Waals surface area contributed by atoms with Gasteiger partial charge in [0.05, 0.1) is 6.20 Å². The molecule has 0 bridgehead atoms. The van der Waals surface area contributed by atoms with Gasteiger partial charge in [-0.1, -0.05) is 24.3 Å². The number of hydrogen-bond acceptors (Lipinski definition) is 5. The molecular weight excluding hydrogens is 250 g/mol. The van der Waals surface area contributed by atoms with Crippen LogP contribution in [0.25, 0.3) is 0 Å². The average molecular weight is 269 g/mol. The fraction of sp³-hybridized carbons (Fsp3) is 0.400. The van der Waals surface area contributed by atoms with Gasteiger partial charge in [0.25, 0.3) is 0 Å². The van der Waals surface area contributed by atoms with E-state index in [1.165, 1.54) is 24.0 Å². The van der Waals surface area contributed by atoms with Gasteiger partial charge in [-0.3, -0.25) is 0 Å². The topological polar surface area (TPSA) is 53.9 Å². The summed E-state index contributed by atoms with van der Waals surface area (Å²) in [5.74, 6) is 1.52. The SMILES string of the molecule is Cc1ccccc1CNc1nncc(N2CCCC2)n1. The fourth-order valence-corrected chi connectivity index (χ4v) is 2.45. The first kappa shape index (κ1) is 12.8. The lowest BCUT2D eigenvalue weighted by Crippen LogP contribution is -2.20. The van der Waals surface area contributed by atoms with E-state index in [1.807, 2.05) is 12.1 Å². The van der Waals surface area contributed by atoms with Crippen LogP contribution < -0.4 is 10.2 Å². The summed E-state index contributed by atoms with van der Waals surface area (Å²) in [5, 5.41) is 11.4. The fourth-order valence-electron chi connectivity index (χ4n) is 2.45. The molecule has 1 N–H and O–H groups in total. The van der Waals surface area contributed by atoms with Crippen molar-refractivity contribution in [2.24, 2.45) is 0 Å². The standard InChI is InChI=1S/C15H19N5/c1-12-6-2-3-7-13(12)10-16-15-18-14(11-17-19-15)20-8-4-5-9-20/h2-3,6-7,11H,4-5,8-10H2,1H3,(H,16,18,19). The predicted octanol–water partition coefficient (Wildman–Crippen LogP) is 2.39. The molecule has 1 aromatic carbocycles. The molecule has 0 unspecified atom stereocenters. The van der Waals surface area contributed by atoms with Gasteiger partial charge in [0, 0.05) is 19.6 Å². The Kier molecular flexibility index (Phi) is 3.76. The third kappa shape index (κ3) is 2.87. The van der Waals surface area contributed by atoms with Crippen molar-refractivity contribution in [3.8, 4) is 0 Å². The summed E-state index contributed by atoms with van der Waals surface area (Å²) in [6.45, 7) is 4.96. The number of nitrogens with zero attached hydrogens (tertiary/aromatic N) is 4. The van der Waals surface area contributed by atoms with Gasteiger partial charge >= 0.3 is 0 Å². The average Bonchev–Trinajstić information content (AvgIpc) is 3.01. The summed E-state index contributed by atoms with van der Waals surface area (Å²) >= 11 is 0. The van der Waals surface area contributed by atoms with Gasteiger partial charge in [-0.2, -0.15) is 10.1 Å². The quantitative estimate of drug-likeness (QED) is 0.923. The van der Waals surface area contributed by atoms with Crippen molar-refractivity contribution < 1.29 is 0 Å². The number of rotatable bonds is 4. The number of anilines is 2. The minimum absolute atomic E-state index is 0.595. The van der Waals surface area contributed by atoms with E-state index in [2.05, 4.69) is 44.5 Å². The summed E-state index contributed by atoms with van der Waals surface area (Å²) < 4.78 is 0. The van der Waals surface area contributed by atoms with Crippen LogP contribution in [0, 0.1) is 6.92 Å². The molecule has 104 valence electrons. The Morgan fingerprint density at radius 2 is 2.00 bits per heavy atom. The Balaban J connectivity index is 1.68. The third-order valence-corrected chi connectivity index (χ3v) is 3.67. The molecule has 1 aliphatic heterocycles. The van der Waals surface area contributed by atoms with E-state index < -0.39 is 0 Å². The number of aryl methyl sites for hydroxylation is 1. The van der Waals surface area contributed by atoms with Crippen LogP contribution >= 0.6 is 0 Å². The second-order valence-electron chi connectivity index (χ2n) is 5.11. The van der Waals surface area contributed by atoms with Crippen molar-refractivity contribution in [1.29, 1.82) is 0 Å². The highest BCUT2D eigenvalue weighted by molar-refractivity contribution is 5.41. The number of aromatic nitrogens is 3. The second kappa shape index (κ2) is 5.86. The molecule has 0 radical (unpaired) electrons. The van der Waals surface area contributed by atoms with Crippen LogP contribution in [0.4, 0.5) is 11.8 Å². The van der Waals surface area contributed by atoms with E-state index >= 15 is 0 Å². The van der Waals surface area contributed by atoms with Gasteiger partial charge in [-0.25, -0.2) is 0 Å². The summed E-state index contributed by atoms with van der Waals surface area (Å²) in [5.41, 5.74) is 2.52. The zero-order valence-corrected chi connectivity index (χ0v) is 11.7. The largest absolute Gasteiger partial charge is 0.355 e. The number of hydrogen-bond donors (Lipinski definition) is 1. The lowest BCUT2D eigenvalue weighted by molar-refractivity contribution is 0.878. The minimum atomic E-state index is 0.595. The summed E-state index contributed by atoms with van der Waals surface area (Å²) in [4.78, 5) is 6.80. The molecule has 1 saturated heterocycles. The maximum atomic E-state index is 4.54. The highest BCUT2D eigenvalue weighted by atomic mass is 15.3. The Labute approximate surface area is 119 Å². The van der Waals surface area contributed by atoms with Crippen LogP contribution in [0.2, 0.25) is 0 Å². The van der Waals surface area contributed by atoms with Crippen LogP contribution in [-0.4, -0.2) is 28.3 Å². The smallest absolute Gasteiger partial charge is 0.244 e. The first-order valence-electron chi connectivity index (χ1n) is 7.06. The highest BCUT2D eigenvalue weighted by Crippen LogP contribution is 2.17. The maximum Gasteiger partial charge on any atom is 0.244 e. The molecule has 5 heteroatoms.